The van der Waals surface area contributed by atoms with Crippen molar-refractivity contribution in [2.24, 2.45) is 0 Å². The average molecular weight is 221 g/mol. The number of esters is 1. The molecule has 0 rings (SSSR count). The van der Waals surface area contributed by atoms with Gasteiger partial charge in [-0.05, 0) is 18.0 Å². The highest BCUT2D eigenvalue weighted by molar-refractivity contribution is 7.07. The summed E-state index contributed by atoms with van der Waals surface area (Å²) in [7, 11) is -1.09. The van der Waals surface area contributed by atoms with Crippen LogP contribution in [0.5, 0.6) is 0 Å². The third-order valence-corrected chi connectivity index (χ3v) is 6.33. The molecule has 0 aromatic carbocycles. The Hall–Kier alpha value is -0.283. The molecule has 0 bridgehead atoms. The van der Waals surface area contributed by atoms with Crippen molar-refractivity contribution < 1.29 is 9.53 Å². The molecule has 0 aromatic heterocycles. The zero-order valence-electron chi connectivity index (χ0n) is 8.25. The zero-order valence-corrected chi connectivity index (χ0v) is 10.2. The van der Waals surface area contributed by atoms with Gasteiger partial charge in [0.05, 0.1) is 6.61 Å². The van der Waals surface area contributed by atoms with Crippen molar-refractivity contribution in [1.29, 1.82) is 0 Å². The van der Waals surface area contributed by atoms with E-state index in [-0.39, 0.29) is 5.97 Å². The van der Waals surface area contributed by atoms with Gasteiger partial charge in [-0.2, -0.15) is 11.1 Å². The van der Waals surface area contributed by atoms with Gasteiger partial charge in [-0.15, -0.1) is 0 Å². The first-order valence-corrected chi connectivity index (χ1v) is 7.74. The van der Waals surface area contributed by atoms with E-state index in [9.17, 15) is 4.79 Å². The minimum atomic E-state index is -1.09. The third-order valence-electron chi connectivity index (χ3n) is 1.76. The van der Waals surface area contributed by atoms with Crippen LogP contribution < -0.4 is 0 Å². The van der Waals surface area contributed by atoms with Crippen molar-refractivity contribution in [3.8, 4) is 0 Å². The Balaban J connectivity index is 3.35. The lowest BCUT2D eigenvalue weighted by Gasteiger charge is -2.10. The molecule has 0 saturated heterocycles. The summed E-state index contributed by atoms with van der Waals surface area (Å²) in [5.74, 6) is -0.350. The van der Waals surface area contributed by atoms with Crippen LogP contribution in [0, 0.1) is 0 Å². The zero-order chi connectivity index (χ0) is 10.3. The molecule has 0 amide bonds. The minimum Gasteiger partial charge on any atom is -0.463 e. The molecule has 0 aliphatic heterocycles. The molecular formula is C9H17ClO2Si. The molecule has 0 saturated carbocycles. The molecule has 76 valence electrons. The van der Waals surface area contributed by atoms with Crippen LogP contribution >= 0.6 is 11.1 Å². The van der Waals surface area contributed by atoms with Gasteiger partial charge in [0.15, 0.2) is 0 Å². The van der Waals surface area contributed by atoms with Gasteiger partial charge >= 0.3 is 5.97 Å². The monoisotopic (exact) mass is 220 g/mol. The maximum atomic E-state index is 10.6. The van der Waals surface area contributed by atoms with Gasteiger partial charge in [-0.3, -0.25) is 0 Å². The summed E-state index contributed by atoms with van der Waals surface area (Å²) in [6.07, 6.45) is 2.05. The van der Waals surface area contributed by atoms with Crippen LogP contribution in [-0.2, 0) is 9.53 Å². The molecule has 4 heteroatoms. The van der Waals surface area contributed by atoms with E-state index in [4.69, 9.17) is 15.8 Å². The Morgan fingerprint density at radius 3 is 2.77 bits per heavy atom. The number of ether oxygens (including phenoxy) is 1. The maximum absolute atomic E-state index is 10.6. The summed E-state index contributed by atoms with van der Waals surface area (Å²) < 4.78 is 4.83. The fourth-order valence-electron chi connectivity index (χ4n) is 0.843. The summed E-state index contributed by atoms with van der Waals surface area (Å²) in [5, 5.41) is 0. The lowest BCUT2D eigenvalue weighted by Crippen LogP contribution is -2.10. The highest BCUT2D eigenvalue weighted by Crippen LogP contribution is 2.16. The number of hydrogen-bond acceptors (Lipinski definition) is 2. The minimum absolute atomic E-state index is 0.350. The van der Waals surface area contributed by atoms with Crippen LogP contribution in [0.2, 0.25) is 11.6 Å². The van der Waals surface area contributed by atoms with Gasteiger partial charge in [0, 0.05) is 6.08 Å². The molecule has 0 aliphatic rings. The molecule has 0 aliphatic carbocycles. The molecule has 1 atom stereocenters. The lowest BCUT2D eigenvalue weighted by atomic mass is 10.5. The smallest absolute Gasteiger partial charge is 0.330 e. The first-order chi connectivity index (χ1) is 6.07. The summed E-state index contributed by atoms with van der Waals surface area (Å²) >= 11 is 6.14. The molecule has 13 heavy (non-hydrogen) atoms. The predicted octanol–water partition coefficient (Wildman–Crippen LogP) is 2.48. The Morgan fingerprint density at radius 2 is 2.31 bits per heavy atom. The van der Waals surface area contributed by atoms with Crippen LogP contribution in [0.25, 0.3) is 0 Å². The van der Waals surface area contributed by atoms with Crippen LogP contribution in [0.3, 0.4) is 0 Å². The first kappa shape index (κ1) is 12.7. The van der Waals surface area contributed by atoms with Crippen molar-refractivity contribution in [2.45, 2.75) is 31.9 Å². The van der Waals surface area contributed by atoms with Gasteiger partial charge in [-0.25, -0.2) is 4.79 Å². The van der Waals surface area contributed by atoms with Crippen molar-refractivity contribution in [3.05, 3.63) is 12.7 Å². The van der Waals surface area contributed by atoms with Crippen LogP contribution in [0.15, 0.2) is 12.7 Å². The third kappa shape index (κ3) is 6.84. The van der Waals surface area contributed by atoms with Gasteiger partial charge in [0.1, 0.15) is 8.11 Å². The number of halogens is 1. The fraction of sp³-hybridized carbons (Fsp3) is 0.667. The summed E-state index contributed by atoms with van der Waals surface area (Å²) in [5.41, 5.74) is 0.608. The second kappa shape index (κ2) is 7.15. The molecule has 2 nitrogen and oxygen atoms in total. The van der Waals surface area contributed by atoms with E-state index in [0.717, 1.165) is 12.5 Å². The molecule has 0 N–H and O–H groups in total. The van der Waals surface area contributed by atoms with Gasteiger partial charge in [-0.1, -0.05) is 20.4 Å². The Labute approximate surface area is 86.2 Å². The second-order valence-corrected chi connectivity index (χ2v) is 7.90. The van der Waals surface area contributed by atoms with Gasteiger partial charge < -0.3 is 4.74 Å². The van der Waals surface area contributed by atoms with Crippen LogP contribution in [-0.4, -0.2) is 20.7 Å². The van der Waals surface area contributed by atoms with Crippen molar-refractivity contribution in [2.75, 3.05) is 6.61 Å². The van der Waals surface area contributed by atoms with E-state index < -0.39 is 8.11 Å². The largest absolute Gasteiger partial charge is 0.463 e. The fourth-order valence-corrected chi connectivity index (χ4v) is 2.53. The molecule has 1 unspecified atom stereocenters. The van der Waals surface area contributed by atoms with E-state index in [1.54, 1.807) is 0 Å². The summed E-state index contributed by atoms with van der Waals surface area (Å²) in [4.78, 5) is 10.6. The number of rotatable bonds is 6. The molecule has 0 radical (unpaired) electrons. The second-order valence-electron chi connectivity index (χ2n) is 3.27. The van der Waals surface area contributed by atoms with E-state index >= 15 is 0 Å². The van der Waals surface area contributed by atoms with Gasteiger partial charge in [0.25, 0.3) is 0 Å². The number of hydrogen-bond donors (Lipinski definition) is 0. The molecular weight excluding hydrogens is 204 g/mol. The SMILES string of the molecule is C=CC(=O)OCCC[SiH](Cl)C(C)C. The predicted molar refractivity (Wildman–Crippen MR) is 58.7 cm³/mol. The van der Waals surface area contributed by atoms with E-state index in [0.29, 0.717) is 12.1 Å². The topological polar surface area (TPSA) is 26.3 Å². The first-order valence-electron chi connectivity index (χ1n) is 4.51. The van der Waals surface area contributed by atoms with E-state index in [1.165, 1.54) is 6.08 Å². The van der Waals surface area contributed by atoms with Crippen molar-refractivity contribution in [1.82, 2.24) is 0 Å². The highest BCUT2D eigenvalue weighted by atomic mass is 35.6. The highest BCUT2D eigenvalue weighted by Gasteiger charge is 2.11. The van der Waals surface area contributed by atoms with Crippen molar-refractivity contribution in [3.63, 3.8) is 0 Å². The van der Waals surface area contributed by atoms with Crippen molar-refractivity contribution >= 4 is 25.2 Å². The molecule has 0 spiro atoms. The van der Waals surface area contributed by atoms with Crippen LogP contribution in [0.4, 0.5) is 0 Å². The average Bonchev–Trinajstić information content (AvgIpc) is 2.11. The summed E-state index contributed by atoms with van der Waals surface area (Å²) in [6, 6.07) is 1.02. The van der Waals surface area contributed by atoms with Crippen LogP contribution in [0.1, 0.15) is 20.3 Å². The van der Waals surface area contributed by atoms with Gasteiger partial charge in [0.2, 0.25) is 0 Å². The quantitative estimate of drug-likeness (QED) is 0.226. The lowest BCUT2D eigenvalue weighted by molar-refractivity contribution is -0.137. The number of carbonyl (C=O) groups excluding carboxylic acids is 1. The Morgan fingerprint density at radius 1 is 1.69 bits per heavy atom. The summed E-state index contributed by atoms with van der Waals surface area (Å²) in [6.45, 7) is 8.05. The molecule has 0 aromatic rings. The molecule has 0 heterocycles. The Kier molecular flexibility index (Phi) is 7.00. The number of carbonyl (C=O) groups is 1. The maximum Gasteiger partial charge on any atom is 0.330 e. The normalized spacial score (nSPS) is 12.6. The van der Waals surface area contributed by atoms with E-state index in [1.807, 2.05) is 0 Å². The van der Waals surface area contributed by atoms with E-state index in [2.05, 4.69) is 20.4 Å². The molecule has 0 fully saturated rings. The Bertz CT molecular complexity index is 171. The standard InChI is InChI=1S/C9H17ClO2Si/c1-4-9(11)12-6-5-7-13(10)8(2)3/h4,8,13H,1,5-7H2,2-3H3.